The standard InChI is InChI=1S/C23H29N5O/c1-14-10-11-19(12-15(14)2)25-21(29)13-20-16(3)24-23-26-22(27-28(23)17(20)4)18-8-6-5-7-9-18/h10-12,18H,5-9,13H2,1-4H3,(H,25,29). The predicted molar refractivity (Wildman–Crippen MR) is 114 cm³/mol. The summed E-state index contributed by atoms with van der Waals surface area (Å²) < 4.78 is 1.82. The summed E-state index contributed by atoms with van der Waals surface area (Å²) in [6.07, 6.45) is 6.37. The Labute approximate surface area is 171 Å². The van der Waals surface area contributed by atoms with E-state index in [1.165, 1.54) is 24.8 Å². The van der Waals surface area contributed by atoms with Crippen LogP contribution in [0.4, 0.5) is 5.69 Å². The van der Waals surface area contributed by atoms with E-state index in [1.807, 2.05) is 43.5 Å². The number of fused-ring (bicyclic) bond motifs is 1. The van der Waals surface area contributed by atoms with Crippen molar-refractivity contribution in [2.45, 2.75) is 72.1 Å². The average Bonchev–Trinajstić information content (AvgIpc) is 3.13. The lowest BCUT2D eigenvalue weighted by atomic mass is 9.89. The molecule has 0 saturated heterocycles. The minimum atomic E-state index is -0.0479. The van der Waals surface area contributed by atoms with Crippen LogP contribution in [0.1, 0.15) is 71.9 Å². The van der Waals surface area contributed by atoms with Crippen molar-refractivity contribution in [2.75, 3.05) is 5.32 Å². The van der Waals surface area contributed by atoms with Gasteiger partial charge in [0.2, 0.25) is 5.91 Å². The van der Waals surface area contributed by atoms with Crippen molar-refractivity contribution in [2.24, 2.45) is 0 Å². The second-order valence-corrected chi connectivity index (χ2v) is 8.30. The fourth-order valence-corrected chi connectivity index (χ4v) is 4.20. The zero-order valence-electron chi connectivity index (χ0n) is 17.7. The van der Waals surface area contributed by atoms with Crippen LogP contribution in [-0.2, 0) is 11.2 Å². The highest BCUT2D eigenvalue weighted by atomic mass is 16.1. The Morgan fingerprint density at radius 3 is 2.55 bits per heavy atom. The van der Waals surface area contributed by atoms with Crippen molar-refractivity contribution in [1.82, 2.24) is 19.6 Å². The summed E-state index contributed by atoms with van der Waals surface area (Å²) in [6.45, 7) is 8.06. The molecule has 0 radical (unpaired) electrons. The van der Waals surface area contributed by atoms with Crippen molar-refractivity contribution >= 4 is 17.4 Å². The van der Waals surface area contributed by atoms with Gasteiger partial charge in [0, 0.05) is 28.6 Å². The monoisotopic (exact) mass is 391 g/mol. The molecule has 6 nitrogen and oxygen atoms in total. The smallest absolute Gasteiger partial charge is 0.252 e. The highest BCUT2D eigenvalue weighted by Gasteiger charge is 2.22. The lowest BCUT2D eigenvalue weighted by Crippen LogP contribution is -2.18. The molecule has 4 rings (SSSR count). The van der Waals surface area contributed by atoms with E-state index in [1.54, 1.807) is 0 Å². The largest absolute Gasteiger partial charge is 0.326 e. The third-order valence-electron chi connectivity index (χ3n) is 6.16. The van der Waals surface area contributed by atoms with Crippen LogP contribution in [0.25, 0.3) is 5.78 Å². The van der Waals surface area contributed by atoms with Crippen molar-refractivity contribution in [3.63, 3.8) is 0 Å². The summed E-state index contributed by atoms with van der Waals surface area (Å²) in [7, 11) is 0. The third kappa shape index (κ3) is 4.02. The summed E-state index contributed by atoms with van der Waals surface area (Å²) in [5, 5.41) is 7.77. The Morgan fingerprint density at radius 2 is 1.83 bits per heavy atom. The fourth-order valence-electron chi connectivity index (χ4n) is 4.20. The number of aromatic nitrogens is 4. The molecule has 152 valence electrons. The molecule has 6 heteroatoms. The van der Waals surface area contributed by atoms with Crippen molar-refractivity contribution in [3.8, 4) is 0 Å². The van der Waals surface area contributed by atoms with Crippen LogP contribution in [0.2, 0.25) is 0 Å². The quantitative estimate of drug-likeness (QED) is 0.706. The number of nitrogens with one attached hydrogen (secondary N) is 1. The summed E-state index contributed by atoms with van der Waals surface area (Å²) in [5.41, 5.74) is 5.90. The second-order valence-electron chi connectivity index (χ2n) is 8.30. The Balaban J connectivity index is 1.57. The van der Waals surface area contributed by atoms with Crippen LogP contribution in [0, 0.1) is 27.7 Å². The number of hydrogen-bond acceptors (Lipinski definition) is 4. The molecule has 0 aliphatic heterocycles. The molecule has 1 aliphatic rings. The zero-order valence-corrected chi connectivity index (χ0v) is 17.7. The molecular formula is C23H29N5O. The number of carbonyl (C=O) groups is 1. The van der Waals surface area contributed by atoms with Gasteiger partial charge in [0.25, 0.3) is 5.78 Å². The number of nitrogens with zero attached hydrogens (tertiary/aromatic N) is 4. The molecule has 2 heterocycles. The van der Waals surface area contributed by atoms with Crippen molar-refractivity contribution < 1.29 is 4.79 Å². The normalized spacial score (nSPS) is 15.0. The summed E-state index contributed by atoms with van der Waals surface area (Å²) in [4.78, 5) is 22.0. The molecule has 29 heavy (non-hydrogen) atoms. The maximum atomic E-state index is 12.7. The van der Waals surface area contributed by atoms with Crippen LogP contribution in [-0.4, -0.2) is 25.5 Å². The molecular weight excluding hydrogens is 362 g/mol. The van der Waals surface area contributed by atoms with E-state index < -0.39 is 0 Å². The van der Waals surface area contributed by atoms with Gasteiger partial charge in [0.15, 0.2) is 5.82 Å². The summed E-state index contributed by atoms with van der Waals surface area (Å²) in [5.74, 6) is 1.92. The van der Waals surface area contributed by atoms with Gasteiger partial charge in [-0.05, 0) is 63.8 Å². The maximum absolute atomic E-state index is 12.7. The molecule has 1 N–H and O–H groups in total. The van der Waals surface area contributed by atoms with Gasteiger partial charge < -0.3 is 5.32 Å². The minimum absolute atomic E-state index is 0.0479. The molecule has 0 bridgehead atoms. The first-order chi connectivity index (χ1) is 13.9. The third-order valence-corrected chi connectivity index (χ3v) is 6.16. The molecule has 1 saturated carbocycles. The number of carbonyl (C=O) groups excluding carboxylic acids is 1. The Morgan fingerprint density at radius 1 is 1.07 bits per heavy atom. The Bertz CT molecular complexity index is 1060. The number of aryl methyl sites for hydroxylation is 4. The topological polar surface area (TPSA) is 72.2 Å². The first-order valence-electron chi connectivity index (χ1n) is 10.5. The first kappa shape index (κ1) is 19.6. The van der Waals surface area contributed by atoms with Crippen molar-refractivity contribution in [3.05, 3.63) is 52.1 Å². The van der Waals surface area contributed by atoms with Crippen LogP contribution >= 0.6 is 0 Å². The number of anilines is 1. The maximum Gasteiger partial charge on any atom is 0.252 e. The van der Waals surface area contributed by atoms with Gasteiger partial charge in [-0.2, -0.15) is 4.98 Å². The van der Waals surface area contributed by atoms with Gasteiger partial charge in [0.05, 0.1) is 6.42 Å². The van der Waals surface area contributed by atoms with Gasteiger partial charge >= 0.3 is 0 Å². The van der Waals surface area contributed by atoms with Gasteiger partial charge in [-0.25, -0.2) is 9.50 Å². The molecule has 1 aromatic carbocycles. The molecule has 0 unspecified atom stereocenters. The second kappa shape index (κ2) is 7.93. The predicted octanol–water partition coefficient (Wildman–Crippen LogP) is 4.59. The molecule has 0 spiro atoms. The molecule has 0 atom stereocenters. The first-order valence-corrected chi connectivity index (χ1v) is 10.5. The molecule has 1 aliphatic carbocycles. The Kier molecular flexibility index (Phi) is 5.35. The van der Waals surface area contributed by atoms with E-state index in [0.717, 1.165) is 46.9 Å². The SMILES string of the molecule is Cc1ccc(NC(=O)Cc2c(C)nc3nc(C4CCCCC4)nn3c2C)cc1C. The highest BCUT2D eigenvalue weighted by molar-refractivity contribution is 5.92. The Hall–Kier alpha value is -2.76. The van der Waals surface area contributed by atoms with Gasteiger partial charge in [0.1, 0.15) is 0 Å². The number of rotatable bonds is 4. The van der Waals surface area contributed by atoms with E-state index in [-0.39, 0.29) is 12.3 Å². The van der Waals surface area contributed by atoms with E-state index >= 15 is 0 Å². The van der Waals surface area contributed by atoms with Gasteiger partial charge in [-0.15, -0.1) is 5.10 Å². The van der Waals surface area contributed by atoms with E-state index in [4.69, 9.17) is 10.1 Å². The number of benzene rings is 1. The minimum Gasteiger partial charge on any atom is -0.326 e. The van der Waals surface area contributed by atoms with Crippen LogP contribution in [0.5, 0.6) is 0 Å². The van der Waals surface area contributed by atoms with Crippen LogP contribution < -0.4 is 5.32 Å². The highest BCUT2D eigenvalue weighted by Crippen LogP contribution is 2.31. The van der Waals surface area contributed by atoms with E-state index in [9.17, 15) is 4.79 Å². The van der Waals surface area contributed by atoms with Crippen LogP contribution in [0.15, 0.2) is 18.2 Å². The van der Waals surface area contributed by atoms with E-state index in [0.29, 0.717) is 11.7 Å². The molecule has 2 aromatic heterocycles. The molecule has 3 aromatic rings. The lowest BCUT2D eigenvalue weighted by Gasteiger charge is -2.17. The number of hydrogen-bond donors (Lipinski definition) is 1. The summed E-state index contributed by atoms with van der Waals surface area (Å²) >= 11 is 0. The van der Waals surface area contributed by atoms with Crippen LogP contribution in [0.3, 0.4) is 0 Å². The zero-order chi connectivity index (χ0) is 20.5. The summed E-state index contributed by atoms with van der Waals surface area (Å²) in [6, 6.07) is 5.97. The van der Waals surface area contributed by atoms with E-state index in [2.05, 4.69) is 17.2 Å². The van der Waals surface area contributed by atoms with Gasteiger partial charge in [-0.3, -0.25) is 4.79 Å². The molecule has 1 fully saturated rings. The number of amides is 1. The van der Waals surface area contributed by atoms with Gasteiger partial charge in [-0.1, -0.05) is 25.3 Å². The fraction of sp³-hybridized carbons (Fsp3) is 0.478. The molecule has 1 amide bonds. The van der Waals surface area contributed by atoms with Crippen molar-refractivity contribution in [1.29, 1.82) is 0 Å². The lowest BCUT2D eigenvalue weighted by molar-refractivity contribution is -0.115. The average molecular weight is 392 g/mol.